The Morgan fingerprint density at radius 1 is 0.456 bits per heavy atom. The fourth-order valence-electron chi connectivity index (χ4n) is 12.1. The summed E-state index contributed by atoms with van der Waals surface area (Å²) < 4.78 is 19.4. The maximum Gasteiger partial charge on any atom is 0.263 e. The van der Waals surface area contributed by atoms with Crippen molar-refractivity contribution in [1.29, 1.82) is 0 Å². The maximum atomic E-state index is 14.0. The molecule has 0 amide bonds. The van der Waals surface area contributed by atoms with Crippen molar-refractivity contribution in [3.63, 3.8) is 0 Å². The first kappa shape index (κ1) is 57.8. The van der Waals surface area contributed by atoms with Gasteiger partial charge in [-0.1, -0.05) is 78.9 Å². The molecule has 450 valence electrons. The number of rotatable bonds is 12. The van der Waals surface area contributed by atoms with Gasteiger partial charge in [-0.15, -0.1) is 0 Å². The number of anilines is 3. The number of H-pyrrole nitrogens is 3. The zero-order chi connectivity index (χ0) is 62.3. The van der Waals surface area contributed by atoms with Crippen molar-refractivity contribution >= 4 is 83.3 Å². The van der Waals surface area contributed by atoms with Gasteiger partial charge in [-0.25, -0.2) is 49.2 Å². The summed E-state index contributed by atoms with van der Waals surface area (Å²) in [7, 11) is 0. The van der Waals surface area contributed by atoms with Gasteiger partial charge in [-0.05, 0) is 149 Å². The first-order valence-corrected chi connectivity index (χ1v) is 29.7. The first-order chi connectivity index (χ1) is 43.7. The van der Waals surface area contributed by atoms with Gasteiger partial charge in [0.15, 0.2) is 34.4 Å². The van der Waals surface area contributed by atoms with E-state index >= 15 is 0 Å². The number of hydrogen-bond donors (Lipinski definition) is 6. The van der Waals surface area contributed by atoms with Gasteiger partial charge in [0.05, 0.1) is 64.6 Å². The molecule has 1 fully saturated rings. The highest BCUT2D eigenvalue weighted by Crippen LogP contribution is 2.36. The molecule has 14 aromatic rings. The van der Waals surface area contributed by atoms with Crippen LogP contribution < -0.4 is 32.6 Å². The maximum absolute atomic E-state index is 14.0. The Balaban J connectivity index is 0.000000124. The summed E-state index contributed by atoms with van der Waals surface area (Å²) in [6.07, 6.45) is 12.4. The van der Waals surface area contributed by atoms with Crippen LogP contribution in [0.3, 0.4) is 0 Å². The van der Waals surface area contributed by atoms with E-state index in [2.05, 4.69) is 94.8 Å². The number of benzene rings is 5. The summed E-state index contributed by atoms with van der Waals surface area (Å²) in [5, 5.41) is 15.1. The smallest absolute Gasteiger partial charge is 0.263 e. The second-order valence-corrected chi connectivity index (χ2v) is 22.7. The number of aromatic amines is 3. The molecule has 1 aliphatic carbocycles. The molecule has 1 saturated carbocycles. The van der Waals surface area contributed by atoms with Crippen LogP contribution in [0.1, 0.15) is 104 Å². The van der Waals surface area contributed by atoms with Crippen molar-refractivity contribution in [2.45, 2.75) is 91.9 Å². The molecule has 0 aliphatic heterocycles. The molecule has 9 heterocycles. The quantitative estimate of drug-likeness (QED) is 0.0664. The average molecular weight is 1200 g/mol. The van der Waals surface area contributed by atoms with E-state index in [0.29, 0.717) is 56.7 Å². The van der Waals surface area contributed by atoms with Crippen molar-refractivity contribution in [3.8, 4) is 11.4 Å². The number of pyridine rings is 3. The molecule has 5 aromatic carbocycles. The van der Waals surface area contributed by atoms with Crippen LogP contribution in [0.25, 0.3) is 77.2 Å². The molecule has 0 radical (unpaired) electrons. The molecule has 0 spiro atoms. The molecule has 15 rings (SSSR count). The Labute approximate surface area is 513 Å². The number of halogens is 1. The van der Waals surface area contributed by atoms with E-state index in [4.69, 9.17) is 0 Å². The van der Waals surface area contributed by atoms with Gasteiger partial charge in [0.25, 0.3) is 16.7 Å². The van der Waals surface area contributed by atoms with Crippen LogP contribution in [0.2, 0.25) is 0 Å². The Kier molecular flexibility index (Phi) is 15.5. The summed E-state index contributed by atoms with van der Waals surface area (Å²) in [4.78, 5) is 88.0. The van der Waals surface area contributed by atoms with Crippen LogP contribution in [0.15, 0.2) is 174 Å². The van der Waals surface area contributed by atoms with Crippen molar-refractivity contribution in [1.82, 2.24) is 73.5 Å². The van der Waals surface area contributed by atoms with Gasteiger partial charge >= 0.3 is 0 Å². The lowest BCUT2D eigenvalue weighted by Crippen LogP contribution is -2.33. The van der Waals surface area contributed by atoms with E-state index in [0.717, 1.165) is 90.1 Å². The van der Waals surface area contributed by atoms with Gasteiger partial charge in [0.1, 0.15) is 41.3 Å². The van der Waals surface area contributed by atoms with E-state index in [1.54, 1.807) is 35.7 Å². The normalized spacial score (nSPS) is 13.4. The van der Waals surface area contributed by atoms with E-state index in [1.807, 2.05) is 136 Å². The SMILES string of the molecule is Cc1cccc2cc(C(C)Nc3ncnc4nc[nH]c34)n(-c3cccc(F)c3)c(=O)c12.Cc1cccc2cc(C(C)Nc3ncnc4nc[nH]c34)n(C3CCC3)c(=O)c12.Cc1ccccc1-n1c(C(C)Nc2ncnc3nc[nH]c23)cc2cccc(C)c2c1=O. The minimum Gasteiger partial charge on any atom is -0.360 e. The number of aromatic nitrogens is 15. The fourth-order valence-corrected chi connectivity index (χ4v) is 12.1. The Bertz CT molecular complexity index is 5240. The topological polar surface area (TPSA) is 265 Å². The highest BCUT2D eigenvalue weighted by atomic mass is 19.1. The summed E-state index contributed by atoms with van der Waals surface area (Å²) in [5.74, 6) is 1.49. The molecule has 3 atom stereocenters. The fraction of sp³-hybridized carbons (Fsp3) is 0.206. The Morgan fingerprint density at radius 3 is 1.32 bits per heavy atom. The molecule has 90 heavy (non-hydrogen) atoms. The van der Waals surface area contributed by atoms with Crippen molar-refractivity contribution in [2.75, 3.05) is 16.0 Å². The predicted octanol–water partition coefficient (Wildman–Crippen LogP) is 12.6. The molecule has 22 heteroatoms. The molecule has 3 unspecified atom stereocenters. The highest BCUT2D eigenvalue weighted by Gasteiger charge is 2.28. The molecule has 1 aliphatic rings. The summed E-state index contributed by atoms with van der Waals surface area (Å²) >= 11 is 0. The first-order valence-electron chi connectivity index (χ1n) is 29.7. The zero-order valence-corrected chi connectivity index (χ0v) is 50.4. The van der Waals surface area contributed by atoms with Crippen LogP contribution in [0.4, 0.5) is 21.8 Å². The summed E-state index contributed by atoms with van der Waals surface area (Å²) in [5.41, 5.74) is 11.6. The van der Waals surface area contributed by atoms with Crippen LogP contribution in [-0.4, -0.2) is 73.5 Å². The van der Waals surface area contributed by atoms with Crippen LogP contribution >= 0.6 is 0 Å². The van der Waals surface area contributed by atoms with Gasteiger partial charge in [-0.3, -0.25) is 23.5 Å². The second kappa shape index (κ2) is 24.1. The van der Waals surface area contributed by atoms with Gasteiger partial charge in [0, 0.05) is 23.1 Å². The van der Waals surface area contributed by atoms with Crippen molar-refractivity contribution < 1.29 is 4.39 Å². The van der Waals surface area contributed by atoms with Gasteiger partial charge in [-0.2, -0.15) is 0 Å². The van der Waals surface area contributed by atoms with E-state index in [9.17, 15) is 18.8 Å². The average Bonchev–Trinajstić information content (AvgIpc) is 1.11. The van der Waals surface area contributed by atoms with Crippen molar-refractivity contribution in [3.05, 3.63) is 236 Å². The minimum absolute atomic E-state index is 0.0251. The number of imidazole rings is 3. The Hall–Kier alpha value is -11.3. The van der Waals surface area contributed by atoms with E-state index < -0.39 is 5.82 Å². The predicted molar refractivity (Wildman–Crippen MR) is 350 cm³/mol. The van der Waals surface area contributed by atoms with Gasteiger partial charge < -0.3 is 35.5 Å². The second-order valence-electron chi connectivity index (χ2n) is 22.7. The van der Waals surface area contributed by atoms with Crippen LogP contribution in [0.5, 0.6) is 0 Å². The largest absolute Gasteiger partial charge is 0.360 e. The molecule has 0 saturated heterocycles. The van der Waals surface area contributed by atoms with Crippen LogP contribution in [0, 0.1) is 33.5 Å². The monoisotopic (exact) mass is 1200 g/mol. The third-order valence-electron chi connectivity index (χ3n) is 16.8. The Morgan fingerprint density at radius 2 is 0.867 bits per heavy atom. The summed E-state index contributed by atoms with van der Waals surface area (Å²) in [6.45, 7) is 13.9. The lowest BCUT2D eigenvalue weighted by Gasteiger charge is -2.32. The third kappa shape index (κ3) is 10.8. The molecule has 6 N–H and O–H groups in total. The number of nitrogens with one attached hydrogen (secondary N) is 6. The number of hydrogen-bond acceptors (Lipinski definition) is 15. The van der Waals surface area contributed by atoms with Crippen molar-refractivity contribution in [2.24, 2.45) is 0 Å². The number of aryl methyl sites for hydroxylation is 4. The van der Waals surface area contributed by atoms with E-state index in [1.165, 1.54) is 37.5 Å². The lowest BCUT2D eigenvalue weighted by molar-refractivity contribution is 0.298. The molecule has 0 bridgehead atoms. The number of fused-ring (bicyclic) bond motifs is 6. The molecular formula is C68H63FN18O3. The summed E-state index contributed by atoms with van der Waals surface area (Å²) in [6, 6.07) is 37.5. The van der Waals surface area contributed by atoms with Crippen LogP contribution in [-0.2, 0) is 0 Å². The zero-order valence-electron chi connectivity index (χ0n) is 50.4. The third-order valence-corrected chi connectivity index (χ3v) is 16.8. The van der Waals surface area contributed by atoms with Gasteiger partial charge in [0.2, 0.25) is 0 Å². The molecule has 9 aromatic heterocycles. The molecular weight excluding hydrogens is 1140 g/mol. The highest BCUT2D eigenvalue weighted by molar-refractivity contribution is 5.89. The molecule has 21 nitrogen and oxygen atoms in total. The lowest BCUT2D eigenvalue weighted by atomic mass is 9.91. The number of nitrogens with zero attached hydrogens (tertiary/aromatic N) is 12. The number of para-hydroxylation sites is 1. The van der Waals surface area contributed by atoms with E-state index in [-0.39, 0.29) is 40.8 Å². The minimum atomic E-state index is -0.407. The standard InChI is InChI=1S/C24H22N6O.C23H19FN6O.C21H22N6O/c1-14-7-4-5-10-18(14)30-19(11-17-9-6-8-15(2)20(17)24(30)31)16(3)29-23-21-22(26-12-25-21)27-13-28-23;1-13-5-3-6-15-9-18(14(2)29-22-20-21(26-11-25-20)27-12-28-22)30(23(31)19(13)15)17-8-4-7-16(24)10-17;1-12-5-3-6-14-9-16(27(15-7-4-8-15)21(28)17(12)14)13(2)26-20-18-19(23-10-22-18)24-11-25-20/h4-13,16H,1-3H3,(H2,25,26,27,28,29);3-12,14H,1-2H3,(H2,25,26,27,28,29);3,5-6,9-11,13,15H,4,7-8H2,1-2H3,(H2,22,23,24,25,26).